The van der Waals surface area contributed by atoms with Crippen LogP contribution in [-0.4, -0.2) is 125 Å². The van der Waals surface area contributed by atoms with Gasteiger partial charge in [0.25, 0.3) is 0 Å². The van der Waals surface area contributed by atoms with E-state index in [4.69, 9.17) is 10.2 Å². The summed E-state index contributed by atoms with van der Waals surface area (Å²) in [6.07, 6.45) is 0. The number of carbonyl (C=O) groups is 2. The third-order valence-electron chi connectivity index (χ3n) is 1.39. The number of hydrogen-bond acceptors (Lipinski definition) is 2. The molecule has 4 nitrogen and oxygen atoms in total. The molecule has 0 aromatic heterocycles. The minimum Gasteiger partial charge on any atom is -0.478 e. The SMILES string of the molecule is O=C(O)c1ccccc1C(=O)O.[K].[K]. The summed E-state index contributed by atoms with van der Waals surface area (Å²) in [5.74, 6) is -2.46. The first-order chi connectivity index (χ1) is 5.63. The van der Waals surface area contributed by atoms with E-state index in [-0.39, 0.29) is 114 Å². The second-order valence-electron chi connectivity index (χ2n) is 2.16. The molecule has 0 aliphatic rings. The van der Waals surface area contributed by atoms with Gasteiger partial charge in [-0.05, 0) is 12.1 Å². The van der Waals surface area contributed by atoms with Gasteiger partial charge in [0, 0.05) is 103 Å². The van der Waals surface area contributed by atoms with Crippen molar-refractivity contribution >= 4 is 115 Å². The monoisotopic (exact) mass is 244 g/mol. The topological polar surface area (TPSA) is 74.6 Å². The molecule has 0 heterocycles. The van der Waals surface area contributed by atoms with E-state index < -0.39 is 11.9 Å². The van der Waals surface area contributed by atoms with Gasteiger partial charge in [0.15, 0.2) is 0 Å². The van der Waals surface area contributed by atoms with Gasteiger partial charge >= 0.3 is 11.9 Å². The molecule has 0 saturated heterocycles. The van der Waals surface area contributed by atoms with Gasteiger partial charge in [0.05, 0.1) is 11.1 Å². The smallest absolute Gasteiger partial charge is 0.336 e. The summed E-state index contributed by atoms with van der Waals surface area (Å²) in [4.78, 5) is 20.9. The minimum atomic E-state index is -1.23. The summed E-state index contributed by atoms with van der Waals surface area (Å²) in [5, 5.41) is 17.1. The molecule has 0 unspecified atom stereocenters. The molecule has 0 aliphatic carbocycles. The van der Waals surface area contributed by atoms with Crippen molar-refractivity contribution in [1.82, 2.24) is 0 Å². The Morgan fingerprint density at radius 1 is 0.857 bits per heavy atom. The fourth-order valence-corrected chi connectivity index (χ4v) is 0.856. The van der Waals surface area contributed by atoms with E-state index in [1.165, 1.54) is 24.3 Å². The fourth-order valence-electron chi connectivity index (χ4n) is 0.856. The summed E-state index contributed by atoms with van der Waals surface area (Å²) >= 11 is 0. The zero-order valence-electron chi connectivity index (χ0n) is 8.02. The zero-order chi connectivity index (χ0) is 9.14. The van der Waals surface area contributed by atoms with Crippen molar-refractivity contribution in [2.75, 3.05) is 0 Å². The van der Waals surface area contributed by atoms with Crippen molar-refractivity contribution in [2.24, 2.45) is 0 Å². The predicted octanol–water partition coefficient (Wildman–Crippen LogP) is 0.321. The third kappa shape index (κ3) is 4.97. The first kappa shape index (κ1) is 17.8. The first-order valence-electron chi connectivity index (χ1n) is 3.18. The standard InChI is InChI=1S/C8H6O4.2K/c9-7(10)5-3-1-2-4-6(5)8(11)12;;/h1-4H,(H,9,10)(H,11,12);;. The van der Waals surface area contributed by atoms with Crippen molar-refractivity contribution < 1.29 is 19.8 Å². The Balaban J connectivity index is 0. The normalized spacial score (nSPS) is 8.00. The Kier molecular flexibility index (Phi) is 10.9. The van der Waals surface area contributed by atoms with Gasteiger partial charge in [-0.25, -0.2) is 9.59 Å². The van der Waals surface area contributed by atoms with Crippen LogP contribution in [0.25, 0.3) is 0 Å². The molecule has 0 bridgehead atoms. The van der Waals surface area contributed by atoms with Crippen LogP contribution in [0.2, 0.25) is 0 Å². The Bertz CT molecular complexity index is 305. The molecule has 0 spiro atoms. The summed E-state index contributed by atoms with van der Waals surface area (Å²) in [7, 11) is 0. The molecule has 0 saturated carbocycles. The second kappa shape index (κ2) is 8.57. The van der Waals surface area contributed by atoms with E-state index in [0.717, 1.165) is 0 Å². The van der Waals surface area contributed by atoms with Crippen LogP contribution >= 0.6 is 0 Å². The van der Waals surface area contributed by atoms with Crippen LogP contribution in [0.5, 0.6) is 0 Å². The molecule has 0 fully saturated rings. The number of carboxylic acids is 2. The first-order valence-corrected chi connectivity index (χ1v) is 3.18. The molecular weight excluding hydrogens is 238 g/mol. The molecule has 64 valence electrons. The van der Waals surface area contributed by atoms with E-state index in [0.29, 0.717) is 0 Å². The molecule has 1 aromatic carbocycles. The molecule has 14 heavy (non-hydrogen) atoms. The molecule has 2 radical (unpaired) electrons. The van der Waals surface area contributed by atoms with Crippen LogP contribution in [0.3, 0.4) is 0 Å². The van der Waals surface area contributed by atoms with Gasteiger partial charge in [0.2, 0.25) is 0 Å². The summed E-state index contributed by atoms with van der Waals surface area (Å²) in [6, 6.07) is 5.48. The number of aromatic carboxylic acids is 2. The maximum Gasteiger partial charge on any atom is 0.336 e. The van der Waals surface area contributed by atoms with Crippen LogP contribution in [0, 0.1) is 0 Å². The third-order valence-corrected chi connectivity index (χ3v) is 1.39. The maximum atomic E-state index is 10.5. The molecular formula is C8H6K2O4. The number of benzene rings is 1. The van der Waals surface area contributed by atoms with Crippen LogP contribution < -0.4 is 0 Å². The van der Waals surface area contributed by atoms with Crippen molar-refractivity contribution in [3.8, 4) is 0 Å². The van der Waals surface area contributed by atoms with Crippen molar-refractivity contribution in [1.29, 1.82) is 0 Å². The quantitative estimate of drug-likeness (QED) is 0.735. The van der Waals surface area contributed by atoms with Crippen LogP contribution in [0.1, 0.15) is 20.7 Å². The summed E-state index contributed by atoms with van der Waals surface area (Å²) < 4.78 is 0. The average Bonchev–Trinajstić information content (AvgIpc) is 2.04. The van der Waals surface area contributed by atoms with Crippen LogP contribution in [-0.2, 0) is 0 Å². The van der Waals surface area contributed by atoms with Crippen LogP contribution in [0.4, 0.5) is 0 Å². The second-order valence-corrected chi connectivity index (χ2v) is 2.16. The number of rotatable bonds is 2. The van der Waals surface area contributed by atoms with Crippen molar-refractivity contribution in [3.63, 3.8) is 0 Å². The van der Waals surface area contributed by atoms with Gasteiger partial charge < -0.3 is 10.2 Å². The summed E-state index contributed by atoms with van der Waals surface area (Å²) in [5.41, 5.74) is -0.380. The largest absolute Gasteiger partial charge is 0.478 e. The number of hydrogen-bond donors (Lipinski definition) is 2. The maximum absolute atomic E-state index is 10.5. The van der Waals surface area contributed by atoms with E-state index in [1.807, 2.05) is 0 Å². The Morgan fingerprint density at radius 2 is 1.14 bits per heavy atom. The Morgan fingerprint density at radius 3 is 1.36 bits per heavy atom. The molecule has 0 atom stereocenters. The molecule has 0 amide bonds. The summed E-state index contributed by atoms with van der Waals surface area (Å²) in [6.45, 7) is 0. The van der Waals surface area contributed by atoms with E-state index >= 15 is 0 Å². The van der Waals surface area contributed by atoms with Gasteiger partial charge in [0.1, 0.15) is 0 Å². The van der Waals surface area contributed by atoms with Gasteiger partial charge in [-0.2, -0.15) is 0 Å². The fraction of sp³-hybridized carbons (Fsp3) is 0. The Hall–Kier alpha value is 1.43. The predicted molar refractivity (Wildman–Crippen MR) is 51.9 cm³/mol. The van der Waals surface area contributed by atoms with Gasteiger partial charge in [-0.3, -0.25) is 0 Å². The molecule has 0 aliphatic heterocycles. The van der Waals surface area contributed by atoms with E-state index in [9.17, 15) is 9.59 Å². The molecule has 2 N–H and O–H groups in total. The zero-order valence-corrected chi connectivity index (χ0v) is 14.3. The average molecular weight is 244 g/mol. The van der Waals surface area contributed by atoms with E-state index in [2.05, 4.69) is 0 Å². The molecule has 1 rings (SSSR count). The molecule has 6 heteroatoms. The van der Waals surface area contributed by atoms with Crippen molar-refractivity contribution in [2.45, 2.75) is 0 Å². The number of carboxylic acid groups (broad SMARTS) is 2. The van der Waals surface area contributed by atoms with Crippen molar-refractivity contribution in [3.05, 3.63) is 35.4 Å². The minimum absolute atomic E-state index is 0. The van der Waals surface area contributed by atoms with E-state index in [1.54, 1.807) is 0 Å². The van der Waals surface area contributed by atoms with Gasteiger partial charge in [-0.1, -0.05) is 12.1 Å². The van der Waals surface area contributed by atoms with Gasteiger partial charge in [-0.15, -0.1) is 0 Å². The Labute approximate surface area is 166 Å². The molecule has 1 aromatic rings. The van der Waals surface area contributed by atoms with Crippen LogP contribution in [0.15, 0.2) is 24.3 Å².